The molecule has 1 aromatic heterocycles. The van der Waals surface area contributed by atoms with Gasteiger partial charge in [0.05, 0.1) is 0 Å². The maximum Gasteiger partial charge on any atom is 0.252 e. The van der Waals surface area contributed by atoms with Crippen LogP contribution < -0.4 is 5.73 Å². The Morgan fingerprint density at radius 1 is 1.30 bits per heavy atom. The van der Waals surface area contributed by atoms with Gasteiger partial charge in [0.25, 0.3) is 10.0 Å². The zero-order valence-corrected chi connectivity index (χ0v) is 13.1. The van der Waals surface area contributed by atoms with Crippen LogP contribution in [0, 0.1) is 0 Å². The third-order valence-electron chi connectivity index (χ3n) is 4.17. The Morgan fingerprint density at radius 3 is 2.95 bits per heavy atom. The van der Waals surface area contributed by atoms with Gasteiger partial charge in [-0.05, 0) is 44.5 Å². The van der Waals surface area contributed by atoms with Gasteiger partial charge in [0.2, 0.25) is 0 Å². The highest BCUT2D eigenvalue weighted by atomic mass is 32.2. The van der Waals surface area contributed by atoms with Gasteiger partial charge in [0.15, 0.2) is 0 Å². The molecule has 1 unspecified atom stereocenters. The molecule has 0 spiro atoms. The molecule has 2 fully saturated rings. The van der Waals surface area contributed by atoms with E-state index in [1.54, 1.807) is 10.4 Å². The lowest BCUT2D eigenvalue weighted by Crippen LogP contribution is -2.51. The Labute approximate surface area is 124 Å². The maximum atomic E-state index is 12.7. The summed E-state index contributed by atoms with van der Waals surface area (Å²) >= 11 is 1.36. The van der Waals surface area contributed by atoms with Crippen molar-refractivity contribution in [3.05, 3.63) is 17.0 Å². The molecule has 20 heavy (non-hydrogen) atoms. The van der Waals surface area contributed by atoms with Crippen molar-refractivity contribution >= 4 is 21.4 Å². The highest BCUT2D eigenvalue weighted by molar-refractivity contribution is 7.91. The first kappa shape index (κ1) is 14.5. The molecule has 1 atom stereocenters. The van der Waals surface area contributed by atoms with Crippen molar-refractivity contribution in [2.24, 2.45) is 5.73 Å². The number of hydrogen-bond donors (Lipinski definition) is 1. The molecule has 3 rings (SSSR count). The molecule has 0 aromatic carbocycles. The fraction of sp³-hybridized carbons (Fsp3) is 0.692. The molecule has 0 saturated carbocycles. The van der Waals surface area contributed by atoms with Crippen LogP contribution in [0.3, 0.4) is 0 Å². The smallest absolute Gasteiger partial charge is 0.252 e. The first-order valence-corrected chi connectivity index (χ1v) is 9.40. The summed E-state index contributed by atoms with van der Waals surface area (Å²) in [5, 5.41) is 0. The van der Waals surface area contributed by atoms with Gasteiger partial charge in [-0.1, -0.05) is 0 Å². The highest BCUT2D eigenvalue weighted by Gasteiger charge is 2.36. The monoisotopic (exact) mass is 315 g/mol. The van der Waals surface area contributed by atoms with E-state index in [1.165, 1.54) is 17.8 Å². The number of fused-ring (bicyclic) bond motifs is 1. The van der Waals surface area contributed by atoms with E-state index >= 15 is 0 Å². The maximum absolute atomic E-state index is 12.7. The predicted octanol–water partition coefficient (Wildman–Crippen LogP) is 0.718. The summed E-state index contributed by atoms with van der Waals surface area (Å²) in [6.45, 7) is 3.80. The molecule has 0 aliphatic carbocycles. The molecule has 2 N–H and O–H groups in total. The molecular weight excluding hydrogens is 294 g/mol. The van der Waals surface area contributed by atoms with E-state index in [1.807, 2.05) is 6.07 Å². The van der Waals surface area contributed by atoms with Crippen LogP contribution in [0.25, 0.3) is 0 Å². The van der Waals surface area contributed by atoms with Crippen LogP contribution in [0.4, 0.5) is 0 Å². The molecule has 112 valence electrons. The SMILES string of the molecule is NCCc1ccc(S(=O)(=O)N2CCN3CCCC3C2)s1. The summed E-state index contributed by atoms with van der Waals surface area (Å²) in [5.74, 6) is 0. The Morgan fingerprint density at radius 2 is 2.15 bits per heavy atom. The number of thiophene rings is 1. The minimum Gasteiger partial charge on any atom is -0.330 e. The second-order valence-corrected chi connectivity index (χ2v) is 8.79. The zero-order chi connectivity index (χ0) is 14.2. The Kier molecular flexibility index (Phi) is 4.14. The van der Waals surface area contributed by atoms with E-state index in [2.05, 4.69) is 4.90 Å². The summed E-state index contributed by atoms with van der Waals surface area (Å²) in [6.07, 6.45) is 3.06. The highest BCUT2D eigenvalue weighted by Crippen LogP contribution is 2.29. The van der Waals surface area contributed by atoms with Crippen molar-refractivity contribution in [2.75, 3.05) is 32.7 Å². The van der Waals surface area contributed by atoms with Gasteiger partial charge in [-0.25, -0.2) is 8.42 Å². The average molecular weight is 315 g/mol. The van der Waals surface area contributed by atoms with Gasteiger partial charge < -0.3 is 5.73 Å². The fourth-order valence-corrected chi connectivity index (χ4v) is 6.08. The summed E-state index contributed by atoms with van der Waals surface area (Å²) < 4.78 is 27.5. The van der Waals surface area contributed by atoms with E-state index < -0.39 is 10.0 Å². The van der Waals surface area contributed by atoms with Crippen LogP contribution in [-0.4, -0.2) is 56.4 Å². The number of sulfonamides is 1. The molecule has 0 amide bonds. The summed E-state index contributed by atoms with van der Waals surface area (Å²) in [7, 11) is -3.31. The van der Waals surface area contributed by atoms with Crippen molar-refractivity contribution in [3.63, 3.8) is 0 Å². The van der Waals surface area contributed by atoms with Gasteiger partial charge >= 0.3 is 0 Å². The molecule has 2 aliphatic heterocycles. The van der Waals surface area contributed by atoms with Crippen molar-refractivity contribution in [3.8, 4) is 0 Å². The number of nitrogens with two attached hydrogens (primary N) is 1. The van der Waals surface area contributed by atoms with Gasteiger partial charge in [-0.3, -0.25) is 4.90 Å². The Bertz CT molecular complexity index is 570. The van der Waals surface area contributed by atoms with Crippen molar-refractivity contribution in [2.45, 2.75) is 29.5 Å². The molecule has 3 heterocycles. The van der Waals surface area contributed by atoms with Gasteiger partial charge in [-0.15, -0.1) is 11.3 Å². The van der Waals surface area contributed by atoms with Crippen LogP contribution >= 0.6 is 11.3 Å². The molecule has 0 radical (unpaired) electrons. The Hall–Kier alpha value is -0.470. The topological polar surface area (TPSA) is 66.6 Å². The third-order valence-corrected chi connectivity index (χ3v) is 7.65. The number of nitrogens with zero attached hydrogens (tertiary/aromatic N) is 2. The van der Waals surface area contributed by atoms with Crippen molar-refractivity contribution < 1.29 is 8.42 Å². The largest absolute Gasteiger partial charge is 0.330 e. The average Bonchev–Trinajstić information content (AvgIpc) is 3.06. The lowest BCUT2D eigenvalue weighted by atomic mass is 10.2. The molecular formula is C13H21N3O2S2. The standard InChI is InChI=1S/C13H21N3O2S2/c14-6-5-12-3-4-13(19-12)20(17,18)16-9-8-15-7-1-2-11(15)10-16/h3-4,11H,1-2,5-10,14H2. The third kappa shape index (κ3) is 2.65. The van der Waals surface area contributed by atoms with E-state index in [0.29, 0.717) is 29.9 Å². The summed E-state index contributed by atoms with van der Waals surface area (Å²) in [6, 6.07) is 4.03. The van der Waals surface area contributed by atoms with E-state index in [4.69, 9.17) is 5.73 Å². The molecule has 5 nitrogen and oxygen atoms in total. The van der Waals surface area contributed by atoms with Gasteiger partial charge in [0, 0.05) is 30.6 Å². The molecule has 2 saturated heterocycles. The van der Waals surface area contributed by atoms with Crippen LogP contribution in [-0.2, 0) is 16.4 Å². The molecule has 0 bridgehead atoms. The minimum atomic E-state index is -3.31. The van der Waals surface area contributed by atoms with E-state index in [0.717, 1.165) is 30.8 Å². The van der Waals surface area contributed by atoms with E-state index in [9.17, 15) is 8.42 Å². The van der Waals surface area contributed by atoms with Crippen LogP contribution in [0.15, 0.2) is 16.3 Å². The molecule has 2 aliphatic rings. The predicted molar refractivity (Wildman–Crippen MR) is 80.4 cm³/mol. The number of piperazine rings is 1. The molecule has 7 heteroatoms. The number of rotatable bonds is 4. The zero-order valence-electron chi connectivity index (χ0n) is 11.5. The number of hydrogen-bond acceptors (Lipinski definition) is 5. The summed E-state index contributed by atoms with van der Waals surface area (Å²) in [4.78, 5) is 3.46. The first-order chi connectivity index (χ1) is 9.61. The lowest BCUT2D eigenvalue weighted by molar-refractivity contribution is 0.158. The van der Waals surface area contributed by atoms with Crippen LogP contribution in [0.5, 0.6) is 0 Å². The van der Waals surface area contributed by atoms with Gasteiger partial charge in [-0.2, -0.15) is 4.31 Å². The lowest BCUT2D eigenvalue weighted by Gasteiger charge is -2.36. The van der Waals surface area contributed by atoms with Crippen LogP contribution in [0.1, 0.15) is 17.7 Å². The fourth-order valence-electron chi connectivity index (χ4n) is 3.08. The van der Waals surface area contributed by atoms with Crippen molar-refractivity contribution in [1.82, 2.24) is 9.21 Å². The summed E-state index contributed by atoms with van der Waals surface area (Å²) in [5.41, 5.74) is 5.52. The minimum absolute atomic E-state index is 0.419. The quantitative estimate of drug-likeness (QED) is 0.889. The Balaban J connectivity index is 1.77. The van der Waals surface area contributed by atoms with E-state index in [-0.39, 0.29) is 0 Å². The van der Waals surface area contributed by atoms with Crippen molar-refractivity contribution in [1.29, 1.82) is 0 Å². The molecule has 1 aromatic rings. The normalized spacial score (nSPS) is 24.9. The van der Waals surface area contributed by atoms with Gasteiger partial charge in [0.1, 0.15) is 4.21 Å². The second-order valence-electron chi connectivity index (χ2n) is 5.45. The second kappa shape index (κ2) is 5.73. The first-order valence-electron chi connectivity index (χ1n) is 7.14. The van der Waals surface area contributed by atoms with Crippen LogP contribution in [0.2, 0.25) is 0 Å².